The van der Waals surface area contributed by atoms with Crippen molar-refractivity contribution in [3.63, 3.8) is 0 Å². The average molecular weight is 306 g/mol. The highest BCUT2D eigenvalue weighted by atomic mass is 32.1. The predicted octanol–water partition coefficient (Wildman–Crippen LogP) is 3.10. The van der Waals surface area contributed by atoms with Crippen LogP contribution < -0.4 is 11.1 Å². The van der Waals surface area contributed by atoms with Crippen molar-refractivity contribution in [1.29, 1.82) is 0 Å². The smallest absolute Gasteiger partial charge is 0.251 e. The van der Waals surface area contributed by atoms with Gasteiger partial charge >= 0.3 is 0 Å². The minimum absolute atomic E-state index is 0.0428. The van der Waals surface area contributed by atoms with E-state index in [9.17, 15) is 9.59 Å². The van der Waals surface area contributed by atoms with Gasteiger partial charge in [0.05, 0.1) is 5.56 Å². The highest BCUT2D eigenvalue weighted by Crippen LogP contribution is 2.41. The van der Waals surface area contributed by atoms with E-state index in [2.05, 4.69) is 12.2 Å². The Balaban J connectivity index is 1.86. The van der Waals surface area contributed by atoms with Crippen LogP contribution in [0.2, 0.25) is 0 Å². The number of carbonyl (C=O) groups excluding carboxylic acids is 2. The summed E-state index contributed by atoms with van der Waals surface area (Å²) in [6, 6.07) is 0. The van der Waals surface area contributed by atoms with E-state index >= 15 is 0 Å². The summed E-state index contributed by atoms with van der Waals surface area (Å²) >= 11 is 1.56. The summed E-state index contributed by atoms with van der Waals surface area (Å²) in [7, 11) is 0. The second-order valence-corrected chi connectivity index (χ2v) is 7.34. The van der Waals surface area contributed by atoms with E-state index < -0.39 is 5.91 Å². The van der Waals surface area contributed by atoms with E-state index in [0.29, 0.717) is 16.5 Å². The van der Waals surface area contributed by atoms with Gasteiger partial charge in [0.1, 0.15) is 5.00 Å². The van der Waals surface area contributed by atoms with E-state index in [0.717, 1.165) is 37.7 Å². The van der Waals surface area contributed by atoms with Crippen LogP contribution in [0.3, 0.4) is 0 Å². The van der Waals surface area contributed by atoms with Gasteiger partial charge in [0.2, 0.25) is 5.91 Å². The fourth-order valence-electron chi connectivity index (χ4n) is 3.22. The van der Waals surface area contributed by atoms with Crippen LogP contribution in [0.15, 0.2) is 0 Å². The van der Waals surface area contributed by atoms with E-state index in [1.165, 1.54) is 17.7 Å². The lowest BCUT2D eigenvalue weighted by Crippen LogP contribution is -2.20. The van der Waals surface area contributed by atoms with Gasteiger partial charge in [0.25, 0.3) is 5.91 Å². The molecule has 1 saturated carbocycles. The number of hydrogen-bond donors (Lipinski definition) is 2. The molecule has 0 aromatic carbocycles. The summed E-state index contributed by atoms with van der Waals surface area (Å²) in [5, 5.41) is 3.62. The molecule has 1 aromatic heterocycles. The maximum atomic E-state index is 12.0. The molecule has 0 saturated heterocycles. The number of nitrogens with one attached hydrogen (secondary N) is 1. The Morgan fingerprint density at radius 3 is 2.71 bits per heavy atom. The largest absolute Gasteiger partial charge is 0.365 e. The fraction of sp³-hybridized carbons (Fsp3) is 0.625. The van der Waals surface area contributed by atoms with Crippen LogP contribution in [0.25, 0.3) is 0 Å². The zero-order valence-electron chi connectivity index (χ0n) is 12.4. The predicted molar refractivity (Wildman–Crippen MR) is 84.6 cm³/mol. The van der Waals surface area contributed by atoms with Crippen molar-refractivity contribution in [3.05, 3.63) is 16.0 Å². The summed E-state index contributed by atoms with van der Waals surface area (Å²) in [6.07, 6.45) is 7.39. The van der Waals surface area contributed by atoms with Crippen molar-refractivity contribution in [3.8, 4) is 0 Å². The van der Waals surface area contributed by atoms with E-state index in [-0.39, 0.29) is 11.8 Å². The van der Waals surface area contributed by atoms with Crippen LogP contribution in [0.5, 0.6) is 0 Å². The van der Waals surface area contributed by atoms with Crippen molar-refractivity contribution in [2.75, 3.05) is 5.32 Å². The van der Waals surface area contributed by atoms with Crippen molar-refractivity contribution in [2.45, 2.75) is 51.9 Å². The maximum Gasteiger partial charge on any atom is 0.251 e. The van der Waals surface area contributed by atoms with Gasteiger partial charge < -0.3 is 11.1 Å². The van der Waals surface area contributed by atoms with Crippen LogP contribution >= 0.6 is 11.3 Å². The summed E-state index contributed by atoms with van der Waals surface area (Å²) in [5.41, 5.74) is 7.22. The zero-order chi connectivity index (χ0) is 15.0. The number of hydrogen-bond acceptors (Lipinski definition) is 3. The molecule has 0 spiro atoms. The molecule has 0 aliphatic heterocycles. The molecule has 1 unspecified atom stereocenters. The van der Waals surface area contributed by atoms with E-state index in [4.69, 9.17) is 5.73 Å². The van der Waals surface area contributed by atoms with Gasteiger partial charge in [0, 0.05) is 10.8 Å². The van der Waals surface area contributed by atoms with Crippen molar-refractivity contribution >= 4 is 28.2 Å². The third-order valence-electron chi connectivity index (χ3n) is 4.50. The van der Waals surface area contributed by atoms with Crippen LogP contribution in [0.4, 0.5) is 5.00 Å². The van der Waals surface area contributed by atoms with Crippen LogP contribution in [0.1, 0.15) is 59.8 Å². The first-order valence-electron chi connectivity index (χ1n) is 7.85. The van der Waals surface area contributed by atoms with Crippen LogP contribution in [-0.4, -0.2) is 11.8 Å². The van der Waals surface area contributed by atoms with Gasteiger partial charge in [-0.25, -0.2) is 0 Å². The zero-order valence-corrected chi connectivity index (χ0v) is 13.2. The number of nitrogens with two attached hydrogens (primary N) is 1. The molecule has 0 bridgehead atoms. The number of primary amides is 1. The van der Waals surface area contributed by atoms with Crippen molar-refractivity contribution in [1.82, 2.24) is 0 Å². The number of rotatable bonds is 5. The first kappa shape index (κ1) is 14.6. The standard InChI is InChI=1S/C16H22N2O2S/c1-2-3-9-4-7-11-12(8-9)21-16(13(11)14(17)19)18-15(20)10-5-6-10/h9-10H,2-8H2,1H3,(H2,17,19)(H,18,20). The second kappa shape index (κ2) is 5.79. The van der Waals surface area contributed by atoms with Crippen molar-refractivity contribution in [2.24, 2.45) is 17.6 Å². The molecular weight excluding hydrogens is 284 g/mol. The first-order valence-corrected chi connectivity index (χ1v) is 8.67. The summed E-state index contributed by atoms with van der Waals surface area (Å²) in [6.45, 7) is 2.21. The summed E-state index contributed by atoms with van der Waals surface area (Å²) in [5.74, 6) is 0.472. The van der Waals surface area contributed by atoms with Gasteiger partial charge in [-0.3, -0.25) is 9.59 Å². The highest BCUT2D eigenvalue weighted by molar-refractivity contribution is 7.17. The molecular formula is C16H22N2O2S. The molecule has 2 amide bonds. The lowest BCUT2D eigenvalue weighted by molar-refractivity contribution is -0.117. The number of fused-ring (bicyclic) bond motifs is 1. The minimum Gasteiger partial charge on any atom is -0.365 e. The number of amides is 2. The molecule has 1 heterocycles. The molecule has 3 rings (SSSR count). The molecule has 3 N–H and O–H groups in total. The van der Waals surface area contributed by atoms with E-state index in [1.54, 1.807) is 11.3 Å². The topological polar surface area (TPSA) is 72.2 Å². The molecule has 2 aliphatic rings. The van der Waals surface area contributed by atoms with Crippen LogP contribution in [0, 0.1) is 11.8 Å². The Morgan fingerprint density at radius 1 is 1.33 bits per heavy atom. The SMILES string of the molecule is CCCC1CCc2c(sc(NC(=O)C3CC3)c2C(N)=O)C1. The number of anilines is 1. The highest BCUT2D eigenvalue weighted by Gasteiger charge is 2.33. The molecule has 4 nitrogen and oxygen atoms in total. The quantitative estimate of drug-likeness (QED) is 0.877. The second-order valence-electron chi connectivity index (χ2n) is 6.23. The Kier molecular flexibility index (Phi) is 4.02. The van der Waals surface area contributed by atoms with Gasteiger partial charge in [-0.2, -0.15) is 0 Å². The van der Waals surface area contributed by atoms with Gasteiger partial charge in [-0.05, 0) is 43.6 Å². The first-order chi connectivity index (χ1) is 10.1. The average Bonchev–Trinajstić information content (AvgIpc) is 3.21. The summed E-state index contributed by atoms with van der Waals surface area (Å²) in [4.78, 5) is 25.0. The molecule has 1 aromatic rings. The van der Waals surface area contributed by atoms with Gasteiger partial charge in [-0.1, -0.05) is 19.8 Å². The molecule has 0 radical (unpaired) electrons. The number of thiophene rings is 1. The molecule has 21 heavy (non-hydrogen) atoms. The Hall–Kier alpha value is -1.36. The molecule has 114 valence electrons. The number of carbonyl (C=O) groups is 2. The van der Waals surface area contributed by atoms with Crippen LogP contribution in [-0.2, 0) is 17.6 Å². The lowest BCUT2D eigenvalue weighted by Gasteiger charge is -2.21. The lowest BCUT2D eigenvalue weighted by atomic mass is 9.84. The Labute approximate surface area is 129 Å². The fourth-order valence-corrected chi connectivity index (χ4v) is 4.59. The Bertz CT molecular complexity index is 575. The molecule has 1 fully saturated rings. The third kappa shape index (κ3) is 2.98. The third-order valence-corrected chi connectivity index (χ3v) is 5.67. The minimum atomic E-state index is -0.410. The van der Waals surface area contributed by atoms with Crippen molar-refractivity contribution < 1.29 is 9.59 Å². The molecule has 2 aliphatic carbocycles. The van der Waals surface area contributed by atoms with E-state index in [1.807, 2.05) is 0 Å². The molecule has 1 atom stereocenters. The van der Waals surface area contributed by atoms with Gasteiger partial charge in [0.15, 0.2) is 0 Å². The molecule has 5 heteroatoms. The maximum absolute atomic E-state index is 12.0. The summed E-state index contributed by atoms with van der Waals surface area (Å²) < 4.78 is 0. The Morgan fingerprint density at radius 2 is 2.10 bits per heavy atom. The normalized spacial score (nSPS) is 20.9. The van der Waals surface area contributed by atoms with Gasteiger partial charge in [-0.15, -0.1) is 11.3 Å². The monoisotopic (exact) mass is 306 g/mol.